The first-order valence-electron chi connectivity index (χ1n) is 24.5. The molecular formula is C55H65N3O8. The van der Waals surface area contributed by atoms with Crippen LogP contribution in [0.1, 0.15) is 129 Å². The van der Waals surface area contributed by atoms with Crippen LogP contribution in [0, 0.1) is 62.6 Å². The number of aryl methyl sites for hydroxylation is 1. The quantitative estimate of drug-likeness (QED) is 0.0599. The second kappa shape index (κ2) is 13.8. The van der Waals surface area contributed by atoms with Gasteiger partial charge in [0.05, 0.1) is 5.60 Å². The maximum Gasteiger partial charge on any atom is 0.331 e. The first-order chi connectivity index (χ1) is 31.2. The summed E-state index contributed by atoms with van der Waals surface area (Å²) in [5.41, 5.74) is 3.98. The second-order valence-corrected chi connectivity index (χ2v) is 22.9. The normalized spacial score (nSPS) is 47.1. The minimum absolute atomic E-state index is 0.0108. The van der Waals surface area contributed by atoms with Crippen LogP contribution < -0.4 is 11.5 Å². The van der Waals surface area contributed by atoms with Crippen molar-refractivity contribution in [1.29, 1.82) is 0 Å². The molecule has 4 fully saturated rings. The molecule has 0 aliphatic heterocycles. The highest BCUT2D eigenvalue weighted by atomic mass is 16.4. The summed E-state index contributed by atoms with van der Waals surface area (Å²) in [4.78, 5) is 48.5. The van der Waals surface area contributed by atoms with Crippen molar-refractivity contribution in [3.05, 3.63) is 87.6 Å². The third kappa shape index (κ3) is 4.85. The Bertz CT molecular complexity index is 2670. The monoisotopic (exact) mass is 895 g/mol. The Morgan fingerprint density at radius 3 is 2.36 bits per heavy atom. The van der Waals surface area contributed by atoms with Gasteiger partial charge in [-0.05, 0) is 105 Å². The van der Waals surface area contributed by atoms with Gasteiger partial charge in [0.25, 0.3) is 0 Å². The molecule has 4 saturated carbocycles. The molecule has 4 bridgehead atoms. The minimum Gasteiger partial charge on any atom is -0.478 e. The van der Waals surface area contributed by atoms with Gasteiger partial charge in [0.15, 0.2) is 11.7 Å². The van der Waals surface area contributed by atoms with E-state index < -0.39 is 79.2 Å². The van der Waals surface area contributed by atoms with Crippen LogP contribution in [0.25, 0.3) is 6.08 Å². The lowest BCUT2D eigenvalue weighted by atomic mass is 9.31. The number of hydrogen-bond acceptors (Lipinski definition) is 8. The molecule has 11 rings (SSSR count). The Kier molecular flexibility index (Phi) is 9.17. The molecule has 0 amide bonds. The smallest absolute Gasteiger partial charge is 0.331 e. The molecule has 13 unspecified atom stereocenters. The van der Waals surface area contributed by atoms with E-state index in [4.69, 9.17) is 16.5 Å². The van der Waals surface area contributed by atoms with Gasteiger partial charge in [-0.3, -0.25) is 9.59 Å². The number of carboxylic acids is 1. The van der Waals surface area contributed by atoms with Gasteiger partial charge < -0.3 is 37.0 Å². The van der Waals surface area contributed by atoms with Gasteiger partial charge >= 0.3 is 5.97 Å². The van der Waals surface area contributed by atoms with Gasteiger partial charge in [-0.15, -0.1) is 11.8 Å². The first-order valence-corrected chi connectivity index (χ1v) is 24.5. The zero-order chi connectivity index (χ0) is 46.8. The van der Waals surface area contributed by atoms with Crippen LogP contribution in [-0.2, 0) is 20.8 Å². The number of aliphatic hydroxyl groups is 4. The molecule has 2 spiro atoms. The molecule has 11 nitrogen and oxygen atoms in total. The number of guanidine groups is 1. The van der Waals surface area contributed by atoms with E-state index in [0.29, 0.717) is 36.8 Å². The maximum absolute atomic E-state index is 16.4. The van der Waals surface area contributed by atoms with Gasteiger partial charge in [0.1, 0.15) is 28.6 Å². The molecule has 10 aliphatic rings. The molecular weight excluding hydrogens is 831 g/mol. The number of aliphatic carboxylic acids is 1. The number of aliphatic imine (C=N–C) groups is 1. The van der Waals surface area contributed by atoms with Gasteiger partial charge in [0, 0.05) is 75.7 Å². The summed E-state index contributed by atoms with van der Waals surface area (Å²) in [5.74, 6) is 3.18. The molecule has 9 N–H and O–H groups in total. The molecule has 13 atom stereocenters. The summed E-state index contributed by atoms with van der Waals surface area (Å²) in [5, 5.41) is 65.9. The van der Waals surface area contributed by atoms with Crippen molar-refractivity contribution in [2.24, 2.45) is 67.2 Å². The van der Waals surface area contributed by atoms with Crippen LogP contribution in [0.15, 0.2) is 81.4 Å². The van der Waals surface area contributed by atoms with Crippen molar-refractivity contribution >= 4 is 29.6 Å². The second-order valence-electron chi connectivity index (χ2n) is 22.9. The molecule has 0 heterocycles. The predicted molar refractivity (Wildman–Crippen MR) is 249 cm³/mol. The van der Waals surface area contributed by atoms with E-state index in [-0.39, 0.29) is 73.1 Å². The standard InChI is InChI=1S/C55H65N3O8/c1-31(45(62)63)37-18-23-50(58-46(56)57)25-24-49(32(2)55(50,66)44(37)61)30-51(64)26-27-52(65)40(35-17-16-33-12-6-7-13-34(33)28-35)42-47(3)20-10-5-11-21-53(51)43(52)41(48(42,4)22-19-39(47)60)38(59)29-54(49,53)36-14-8-9-15-36/h6-7,12-13,24-28,32,36,40,42,44,61,64-66H,8-9,11,14-23,29-30H2,1-4H3,(H,62,63)(H4,56,57,58). The van der Waals surface area contributed by atoms with Crippen LogP contribution in [0.5, 0.6) is 0 Å². The SMILES string of the molecule is CC(C(=O)O)=C1CCC2(N=C(N)N)C=CC3(CC4(O)C=CC5(O)C6=C7C(=O)CC3(C3CCCC3)C64CCC#CCC3(C)C(=O)CCC7(C)C3C5C3=Cc4ccccc4CC3)C(C)C2(O)C1O. The largest absolute Gasteiger partial charge is 0.478 e. The van der Waals surface area contributed by atoms with E-state index in [2.05, 4.69) is 43.0 Å². The van der Waals surface area contributed by atoms with Crippen LogP contribution in [0.4, 0.5) is 0 Å². The highest BCUT2D eigenvalue weighted by Crippen LogP contribution is 2.87. The number of aliphatic hydroxyl groups excluding tert-OH is 1. The number of nitrogens with two attached hydrogens (primary N) is 2. The van der Waals surface area contributed by atoms with Gasteiger partial charge in [-0.25, -0.2) is 9.79 Å². The number of nitrogens with zero attached hydrogens (tertiary/aromatic N) is 1. The molecule has 66 heavy (non-hydrogen) atoms. The number of carboxylic acid groups (broad SMARTS) is 1. The van der Waals surface area contributed by atoms with Crippen LogP contribution in [0.3, 0.4) is 0 Å². The summed E-state index contributed by atoms with van der Waals surface area (Å²) < 4.78 is 0. The number of carbonyl (C=O) groups is 3. The van der Waals surface area contributed by atoms with E-state index in [1.807, 2.05) is 32.1 Å². The van der Waals surface area contributed by atoms with Crippen molar-refractivity contribution in [2.45, 2.75) is 152 Å². The predicted octanol–water partition coefficient (Wildman–Crippen LogP) is 6.18. The summed E-state index contributed by atoms with van der Waals surface area (Å²) >= 11 is 0. The Balaban J connectivity index is 1.26. The average molecular weight is 896 g/mol. The summed E-state index contributed by atoms with van der Waals surface area (Å²) in [6, 6.07) is 8.30. The summed E-state index contributed by atoms with van der Waals surface area (Å²) in [6.07, 6.45) is 14.5. The van der Waals surface area contributed by atoms with E-state index in [1.54, 1.807) is 12.2 Å². The summed E-state index contributed by atoms with van der Waals surface area (Å²) in [6.45, 7) is 7.48. The van der Waals surface area contributed by atoms with Crippen molar-refractivity contribution in [3.8, 4) is 11.8 Å². The van der Waals surface area contributed by atoms with Gasteiger partial charge in [-0.1, -0.05) is 87.8 Å². The van der Waals surface area contributed by atoms with Gasteiger partial charge in [0.2, 0.25) is 0 Å². The fraction of sp³-hybridized carbons (Fsp3) is 0.600. The fourth-order valence-corrected chi connectivity index (χ4v) is 18.3. The average Bonchev–Trinajstić information content (AvgIpc) is 3.88. The Labute approximate surface area is 387 Å². The molecule has 0 radical (unpaired) electrons. The zero-order valence-corrected chi connectivity index (χ0v) is 38.8. The Morgan fingerprint density at radius 2 is 1.64 bits per heavy atom. The number of allylic oxidation sites excluding steroid dienone is 2. The third-order valence-corrected chi connectivity index (χ3v) is 20.7. The molecule has 1 aromatic rings. The Morgan fingerprint density at radius 1 is 0.894 bits per heavy atom. The third-order valence-electron chi connectivity index (χ3n) is 20.7. The molecule has 10 aliphatic carbocycles. The van der Waals surface area contributed by atoms with E-state index in [1.165, 1.54) is 12.5 Å². The summed E-state index contributed by atoms with van der Waals surface area (Å²) in [7, 11) is 0. The van der Waals surface area contributed by atoms with Crippen LogP contribution >= 0.6 is 0 Å². The highest BCUT2D eigenvalue weighted by molar-refractivity contribution is 6.02. The maximum atomic E-state index is 16.4. The van der Waals surface area contributed by atoms with Crippen molar-refractivity contribution in [3.63, 3.8) is 0 Å². The number of rotatable bonds is 4. The number of benzene rings is 1. The molecule has 11 heteroatoms. The van der Waals surface area contributed by atoms with Crippen molar-refractivity contribution in [2.75, 3.05) is 0 Å². The number of Topliss-reactive ketones (excluding diaryl/α,β-unsaturated/α-hetero) is 2. The highest BCUT2D eigenvalue weighted by Gasteiger charge is 2.87. The molecule has 0 aromatic heterocycles. The number of hydrogen-bond donors (Lipinski definition) is 7. The van der Waals surface area contributed by atoms with Crippen molar-refractivity contribution < 1.29 is 39.9 Å². The fourth-order valence-electron chi connectivity index (χ4n) is 18.3. The lowest BCUT2D eigenvalue weighted by Gasteiger charge is -2.72. The van der Waals surface area contributed by atoms with Crippen LogP contribution in [-0.4, -0.2) is 77.5 Å². The molecule has 1 aromatic carbocycles. The van der Waals surface area contributed by atoms with Crippen molar-refractivity contribution in [1.82, 2.24) is 0 Å². The van der Waals surface area contributed by atoms with Crippen LogP contribution in [0.2, 0.25) is 0 Å². The van der Waals surface area contributed by atoms with E-state index in [0.717, 1.165) is 43.2 Å². The first kappa shape index (κ1) is 43.9. The minimum atomic E-state index is -2.22. The molecule has 348 valence electrons. The Hall–Kier alpha value is -4.60. The van der Waals surface area contributed by atoms with Gasteiger partial charge in [-0.2, -0.15) is 0 Å². The number of carbonyl (C=O) groups excluding carboxylic acids is 2. The molecule has 0 saturated heterocycles. The van der Waals surface area contributed by atoms with E-state index >= 15 is 4.79 Å². The zero-order valence-electron chi connectivity index (χ0n) is 38.8. The topological polar surface area (TPSA) is 217 Å². The van der Waals surface area contributed by atoms with E-state index in [9.17, 15) is 35.1 Å². The number of ketones is 2. The lowest BCUT2D eigenvalue weighted by molar-refractivity contribution is -0.215. The number of fused-ring (bicyclic) bond motifs is 4. The lowest BCUT2D eigenvalue weighted by Crippen LogP contribution is -2.75.